The van der Waals surface area contributed by atoms with Gasteiger partial charge in [0.2, 0.25) is 0 Å². The van der Waals surface area contributed by atoms with Gasteiger partial charge in [0.05, 0.1) is 18.2 Å². The highest BCUT2D eigenvalue weighted by Gasteiger charge is 2.45. The van der Waals surface area contributed by atoms with E-state index < -0.39 is 5.60 Å². The number of hydrogen-bond acceptors (Lipinski definition) is 4. The maximum atomic E-state index is 12.2. The molecular weight excluding hydrogens is 244 g/mol. The molecule has 0 aliphatic carbocycles. The monoisotopic (exact) mass is 270 g/mol. The summed E-state index contributed by atoms with van der Waals surface area (Å²) < 4.78 is 11.4. The van der Waals surface area contributed by atoms with E-state index in [1.54, 1.807) is 4.90 Å². The van der Waals surface area contributed by atoms with E-state index >= 15 is 0 Å². The van der Waals surface area contributed by atoms with Crippen LogP contribution in [0.25, 0.3) is 0 Å². The van der Waals surface area contributed by atoms with Gasteiger partial charge in [-0.1, -0.05) is 0 Å². The lowest BCUT2D eigenvalue weighted by Crippen LogP contribution is -2.44. The Morgan fingerprint density at radius 2 is 2.26 bits per heavy atom. The highest BCUT2D eigenvalue weighted by molar-refractivity contribution is 5.68. The predicted octanol–water partition coefficient (Wildman–Crippen LogP) is 1.76. The molecule has 2 fully saturated rings. The molecule has 19 heavy (non-hydrogen) atoms. The zero-order chi connectivity index (χ0) is 14.1. The van der Waals surface area contributed by atoms with Crippen molar-refractivity contribution in [2.75, 3.05) is 26.2 Å². The molecule has 0 aromatic rings. The van der Waals surface area contributed by atoms with Crippen LogP contribution in [0.4, 0.5) is 4.79 Å². The van der Waals surface area contributed by atoms with Crippen molar-refractivity contribution in [3.63, 3.8) is 0 Å². The largest absolute Gasteiger partial charge is 0.444 e. The molecule has 5 nitrogen and oxygen atoms in total. The quantitative estimate of drug-likeness (QED) is 0.831. The molecule has 1 amide bonds. The molecule has 2 heterocycles. The van der Waals surface area contributed by atoms with Crippen molar-refractivity contribution in [1.29, 1.82) is 0 Å². The molecule has 1 spiro atoms. The Labute approximate surface area is 115 Å². The zero-order valence-corrected chi connectivity index (χ0v) is 12.5. The van der Waals surface area contributed by atoms with Crippen molar-refractivity contribution < 1.29 is 14.3 Å². The molecule has 2 rings (SSSR count). The molecule has 2 aliphatic rings. The normalized spacial score (nSPS) is 30.8. The minimum atomic E-state index is -0.448. The fourth-order valence-corrected chi connectivity index (χ4v) is 2.90. The number of likely N-dealkylation sites (N-methyl/N-ethyl adjacent to an activating group) is 1. The Kier molecular flexibility index (Phi) is 4.06. The van der Waals surface area contributed by atoms with Crippen molar-refractivity contribution >= 4 is 6.09 Å². The molecule has 5 heteroatoms. The van der Waals surface area contributed by atoms with Crippen LogP contribution in [0.2, 0.25) is 0 Å². The van der Waals surface area contributed by atoms with Gasteiger partial charge < -0.3 is 19.7 Å². The van der Waals surface area contributed by atoms with Gasteiger partial charge in [-0.3, -0.25) is 0 Å². The molecule has 0 bridgehead atoms. The summed E-state index contributed by atoms with van der Waals surface area (Å²) in [6.07, 6.45) is 1.72. The average Bonchev–Trinajstić information content (AvgIpc) is 2.89. The molecule has 0 radical (unpaired) electrons. The zero-order valence-electron chi connectivity index (χ0n) is 12.5. The predicted molar refractivity (Wildman–Crippen MR) is 73.2 cm³/mol. The Morgan fingerprint density at radius 3 is 2.79 bits per heavy atom. The van der Waals surface area contributed by atoms with Gasteiger partial charge in [-0.25, -0.2) is 4.79 Å². The van der Waals surface area contributed by atoms with Gasteiger partial charge in [0.1, 0.15) is 5.60 Å². The number of rotatable bonds is 2. The molecule has 110 valence electrons. The summed E-state index contributed by atoms with van der Waals surface area (Å²) in [6, 6.07) is 0.139. The second kappa shape index (κ2) is 5.29. The van der Waals surface area contributed by atoms with Crippen molar-refractivity contribution in [2.24, 2.45) is 0 Å². The van der Waals surface area contributed by atoms with Gasteiger partial charge in [-0.2, -0.15) is 0 Å². The molecule has 2 atom stereocenters. The third-order valence-corrected chi connectivity index (χ3v) is 3.80. The van der Waals surface area contributed by atoms with Crippen LogP contribution in [0, 0.1) is 0 Å². The lowest BCUT2D eigenvalue weighted by Gasteiger charge is -2.30. The van der Waals surface area contributed by atoms with E-state index in [1.807, 2.05) is 27.7 Å². The minimum Gasteiger partial charge on any atom is -0.444 e. The maximum absolute atomic E-state index is 12.2. The fourth-order valence-electron chi connectivity index (χ4n) is 2.90. The van der Waals surface area contributed by atoms with Gasteiger partial charge in [0.25, 0.3) is 0 Å². The number of carbonyl (C=O) groups excluding carboxylic acids is 1. The van der Waals surface area contributed by atoms with Crippen molar-refractivity contribution in [2.45, 2.75) is 57.8 Å². The summed E-state index contributed by atoms with van der Waals surface area (Å²) in [4.78, 5) is 14.0. The number of nitrogens with zero attached hydrogens (tertiary/aromatic N) is 1. The Bertz CT molecular complexity index is 332. The van der Waals surface area contributed by atoms with E-state index in [-0.39, 0.29) is 17.7 Å². The van der Waals surface area contributed by atoms with E-state index in [0.29, 0.717) is 13.2 Å². The first-order valence-electron chi connectivity index (χ1n) is 7.19. The second-order valence-corrected chi connectivity index (χ2v) is 6.55. The third kappa shape index (κ3) is 3.39. The fraction of sp³-hybridized carbons (Fsp3) is 0.929. The van der Waals surface area contributed by atoms with Crippen LogP contribution in [0.1, 0.15) is 40.5 Å². The van der Waals surface area contributed by atoms with Crippen LogP contribution < -0.4 is 5.32 Å². The van der Waals surface area contributed by atoms with Gasteiger partial charge in [-0.05, 0) is 40.7 Å². The Balaban J connectivity index is 1.97. The standard InChI is InChI=1S/C14H26N2O3/c1-5-16(12(17)19-13(2,3)4)11-8-14(18-9-11)6-7-15-10-14/h11,15H,5-10H2,1-4H3. The highest BCUT2D eigenvalue weighted by Crippen LogP contribution is 2.34. The van der Waals surface area contributed by atoms with E-state index in [2.05, 4.69) is 5.32 Å². The minimum absolute atomic E-state index is 0.0555. The van der Waals surface area contributed by atoms with Crippen molar-refractivity contribution in [1.82, 2.24) is 10.2 Å². The van der Waals surface area contributed by atoms with Crippen LogP contribution in [-0.2, 0) is 9.47 Å². The number of ether oxygens (including phenoxy) is 2. The summed E-state index contributed by atoms with van der Waals surface area (Å²) in [5.41, 5.74) is -0.503. The lowest BCUT2D eigenvalue weighted by molar-refractivity contribution is 0.00879. The molecular formula is C14H26N2O3. The van der Waals surface area contributed by atoms with Crippen LogP contribution >= 0.6 is 0 Å². The summed E-state index contributed by atoms with van der Waals surface area (Å²) in [5, 5.41) is 3.34. The summed E-state index contributed by atoms with van der Waals surface area (Å²) in [7, 11) is 0. The molecule has 2 saturated heterocycles. The van der Waals surface area contributed by atoms with Gasteiger partial charge >= 0.3 is 6.09 Å². The molecule has 2 aliphatic heterocycles. The summed E-state index contributed by atoms with van der Waals surface area (Å²) in [6.45, 7) is 10.9. The Hall–Kier alpha value is -0.810. The van der Waals surface area contributed by atoms with E-state index in [9.17, 15) is 4.79 Å². The van der Waals surface area contributed by atoms with Crippen LogP contribution in [-0.4, -0.2) is 54.5 Å². The van der Waals surface area contributed by atoms with Gasteiger partial charge in [0, 0.05) is 19.5 Å². The van der Waals surface area contributed by atoms with Gasteiger partial charge in [-0.15, -0.1) is 0 Å². The number of carbonyl (C=O) groups is 1. The van der Waals surface area contributed by atoms with Crippen molar-refractivity contribution in [3.8, 4) is 0 Å². The topological polar surface area (TPSA) is 50.8 Å². The van der Waals surface area contributed by atoms with E-state index in [1.165, 1.54) is 0 Å². The number of nitrogens with one attached hydrogen (secondary N) is 1. The first-order chi connectivity index (χ1) is 8.85. The number of amides is 1. The number of hydrogen-bond donors (Lipinski definition) is 1. The van der Waals surface area contributed by atoms with E-state index in [0.717, 1.165) is 25.9 Å². The maximum Gasteiger partial charge on any atom is 0.410 e. The molecule has 0 saturated carbocycles. The van der Waals surface area contributed by atoms with Crippen LogP contribution in [0.3, 0.4) is 0 Å². The first kappa shape index (κ1) is 14.6. The first-order valence-corrected chi connectivity index (χ1v) is 7.19. The van der Waals surface area contributed by atoms with Crippen LogP contribution in [0.5, 0.6) is 0 Å². The molecule has 1 N–H and O–H groups in total. The average molecular weight is 270 g/mol. The van der Waals surface area contributed by atoms with E-state index in [4.69, 9.17) is 9.47 Å². The van der Waals surface area contributed by atoms with Gasteiger partial charge in [0.15, 0.2) is 0 Å². The molecule has 0 aromatic heterocycles. The summed E-state index contributed by atoms with van der Waals surface area (Å²) >= 11 is 0. The Morgan fingerprint density at radius 1 is 1.53 bits per heavy atom. The van der Waals surface area contributed by atoms with Crippen LogP contribution in [0.15, 0.2) is 0 Å². The second-order valence-electron chi connectivity index (χ2n) is 6.55. The third-order valence-electron chi connectivity index (χ3n) is 3.80. The summed E-state index contributed by atoms with van der Waals surface area (Å²) in [5.74, 6) is 0. The lowest BCUT2D eigenvalue weighted by atomic mass is 9.96. The molecule has 0 aromatic carbocycles. The molecule has 2 unspecified atom stereocenters. The van der Waals surface area contributed by atoms with Crippen molar-refractivity contribution in [3.05, 3.63) is 0 Å². The smallest absolute Gasteiger partial charge is 0.410 e. The SMILES string of the molecule is CCN(C(=O)OC(C)(C)C)C1COC2(CCNC2)C1. The highest BCUT2D eigenvalue weighted by atomic mass is 16.6.